The van der Waals surface area contributed by atoms with E-state index in [9.17, 15) is 19.6 Å². The molecule has 5 atom stereocenters. The minimum Gasteiger partial charge on any atom is -0.611 e. The summed E-state index contributed by atoms with van der Waals surface area (Å²) >= 11 is -0.917. The lowest BCUT2D eigenvalue weighted by molar-refractivity contribution is -0.137. The largest absolute Gasteiger partial charge is 0.611 e. The van der Waals surface area contributed by atoms with Crippen molar-refractivity contribution in [3.05, 3.63) is 42.0 Å². The quantitative estimate of drug-likeness (QED) is 0.168. The predicted molar refractivity (Wildman–Crippen MR) is 134 cm³/mol. The third-order valence-electron chi connectivity index (χ3n) is 6.76. The van der Waals surface area contributed by atoms with Gasteiger partial charge in [-0.15, -0.1) is 0 Å². The standard InChI is InChI=1S/C27H42O5S/c1-21-15-17-22(18-16-21)33(32)19-11-7-3-2-4-8-12-23-24(26(29)20-25(23)28)13-9-5-6-10-14-27(30)31/h4,8,15-18,23-26,28-29H,2-3,5-7,9-14,19-20H2,1H3,(H,30,31)/b8-4+/t23-,24-,25-,26+,33?/m1/s1. The molecule has 6 heteroatoms. The van der Waals surface area contributed by atoms with Crippen LogP contribution in [-0.2, 0) is 16.0 Å². The van der Waals surface area contributed by atoms with Crippen molar-refractivity contribution in [3.63, 3.8) is 0 Å². The Morgan fingerprint density at radius 3 is 2.36 bits per heavy atom. The van der Waals surface area contributed by atoms with E-state index in [1.165, 1.54) is 5.56 Å². The highest BCUT2D eigenvalue weighted by Gasteiger charge is 2.40. The molecule has 0 saturated heterocycles. The molecular weight excluding hydrogens is 436 g/mol. The van der Waals surface area contributed by atoms with Gasteiger partial charge in [-0.2, -0.15) is 0 Å². The van der Waals surface area contributed by atoms with Gasteiger partial charge in [0.15, 0.2) is 4.90 Å². The van der Waals surface area contributed by atoms with Crippen molar-refractivity contribution in [2.75, 3.05) is 5.75 Å². The van der Waals surface area contributed by atoms with Crippen molar-refractivity contribution in [1.29, 1.82) is 0 Å². The molecule has 0 spiro atoms. The van der Waals surface area contributed by atoms with Gasteiger partial charge < -0.3 is 19.9 Å². The average Bonchev–Trinajstić information content (AvgIpc) is 3.04. The highest BCUT2D eigenvalue weighted by Crippen LogP contribution is 2.38. The number of hydrogen-bond acceptors (Lipinski definition) is 4. The van der Waals surface area contributed by atoms with Crippen molar-refractivity contribution in [1.82, 2.24) is 0 Å². The van der Waals surface area contributed by atoms with Gasteiger partial charge in [0.25, 0.3) is 0 Å². The van der Waals surface area contributed by atoms with Crippen LogP contribution >= 0.6 is 0 Å². The zero-order chi connectivity index (χ0) is 24.1. The fraction of sp³-hybridized carbons (Fsp3) is 0.667. The van der Waals surface area contributed by atoms with Crippen molar-refractivity contribution >= 4 is 17.1 Å². The molecule has 2 rings (SSSR count). The van der Waals surface area contributed by atoms with Gasteiger partial charge >= 0.3 is 5.97 Å². The number of hydrogen-bond donors (Lipinski definition) is 3. The summed E-state index contributed by atoms with van der Waals surface area (Å²) in [6, 6.07) is 7.92. The van der Waals surface area contributed by atoms with Crippen LogP contribution in [0, 0.1) is 18.8 Å². The van der Waals surface area contributed by atoms with Crippen LogP contribution in [0.3, 0.4) is 0 Å². The van der Waals surface area contributed by atoms with Gasteiger partial charge in [-0.25, -0.2) is 0 Å². The number of rotatable bonds is 16. The first-order chi connectivity index (χ1) is 15.9. The van der Waals surface area contributed by atoms with Crippen LogP contribution in [0.5, 0.6) is 0 Å². The molecule has 5 nitrogen and oxygen atoms in total. The van der Waals surface area contributed by atoms with Gasteiger partial charge in [-0.1, -0.05) is 49.1 Å². The number of carboxylic acids is 1. The maximum Gasteiger partial charge on any atom is 0.303 e. The lowest BCUT2D eigenvalue weighted by atomic mass is 9.86. The van der Waals surface area contributed by atoms with E-state index in [0.717, 1.165) is 62.7 Å². The Morgan fingerprint density at radius 1 is 0.970 bits per heavy atom. The van der Waals surface area contributed by atoms with E-state index >= 15 is 0 Å². The van der Waals surface area contributed by atoms with Gasteiger partial charge in [0.05, 0.1) is 12.2 Å². The molecule has 0 radical (unpaired) electrons. The number of aliphatic hydroxyl groups is 2. The van der Waals surface area contributed by atoms with Gasteiger partial charge in [-0.3, -0.25) is 4.79 Å². The van der Waals surface area contributed by atoms with Gasteiger partial charge in [0, 0.05) is 6.42 Å². The number of aliphatic hydroxyl groups excluding tert-OH is 2. The number of aryl methyl sites for hydroxylation is 1. The Balaban J connectivity index is 1.59. The number of unbranched alkanes of at least 4 members (excludes halogenated alkanes) is 6. The Hall–Kier alpha value is -1.34. The maximum absolute atomic E-state index is 12.3. The Bertz CT molecular complexity index is 705. The summed E-state index contributed by atoms with van der Waals surface area (Å²) < 4.78 is 12.3. The minimum absolute atomic E-state index is 0.104. The van der Waals surface area contributed by atoms with E-state index in [2.05, 4.69) is 12.2 Å². The second kappa shape index (κ2) is 15.5. The maximum atomic E-state index is 12.3. The van der Waals surface area contributed by atoms with E-state index in [0.29, 0.717) is 18.6 Å². The molecule has 1 aromatic carbocycles. The highest BCUT2D eigenvalue weighted by molar-refractivity contribution is 7.91. The molecule has 33 heavy (non-hydrogen) atoms. The monoisotopic (exact) mass is 478 g/mol. The second-order valence-electron chi connectivity index (χ2n) is 9.46. The average molecular weight is 479 g/mol. The molecule has 1 fully saturated rings. The van der Waals surface area contributed by atoms with Gasteiger partial charge in [0.1, 0.15) is 5.75 Å². The zero-order valence-electron chi connectivity index (χ0n) is 20.0. The minimum atomic E-state index is -0.917. The van der Waals surface area contributed by atoms with Crippen LogP contribution in [0.2, 0.25) is 0 Å². The number of aliphatic carboxylic acids is 1. The lowest BCUT2D eigenvalue weighted by Gasteiger charge is -2.22. The van der Waals surface area contributed by atoms with Crippen LogP contribution in [-0.4, -0.2) is 43.8 Å². The second-order valence-corrected chi connectivity index (χ2v) is 11.0. The normalized spacial score (nSPS) is 23.9. The number of carboxylic acid groups (broad SMARTS) is 1. The van der Waals surface area contributed by atoms with Crippen LogP contribution in [0.25, 0.3) is 0 Å². The molecule has 1 aromatic rings. The van der Waals surface area contributed by atoms with E-state index in [1.54, 1.807) is 0 Å². The predicted octanol–water partition coefficient (Wildman–Crippen LogP) is 5.39. The van der Waals surface area contributed by atoms with Crippen molar-refractivity contribution in [3.8, 4) is 0 Å². The fourth-order valence-electron chi connectivity index (χ4n) is 4.77. The van der Waals surface area contributed by atoms with E-state index < -0.39 is 29.4 Å². The SMILES string of the molecule is Cc1ccc([S+]([O-])CCCCC/C=C/C[C@@H]2[C@@H](CCCCCCC(=O)O)[C@@H](O)C[C@H]2O)cc1. The van der Waals surface area contributed by atoms with Crippen LogP contribution in [0.4, 0.5) is 0 Å². The van der Waals surface area contributed by atoms with Crippen molar-refractivity contribution in [2.45, 2.75) is 101 Å². The molecule has 0 aromatic heterocycles. The molecule has 1 aliphatic carbocycles. The molecule has 1 aliphatic rings. The smallest absolute Gasteiger partial charge is 0.303 e. The molecule has 3 N–H and O–H groups in total. The molecular formula is C27H42O5S. The van der Waals surface area contributed by atoms with Crippen molar-refractivity contribution in [2.24, 2.45) is 11.8 Å². The Labute approximate surface area is 202 Å². The first kappa shape index (κ1) is 27.9. The number of benzene rings is 1. The lowest BCUT2D eigenvalue weighted by Crippen LogP contribution is -2.21. The van der Waals surface area contributed by atoms with E-state index in [4.69, 9.17) is 5.11 Å². The van der Waals surface area contributed by atoms with Crippen LogP contribution in [0.1, 0.15) is 82.6 Å². The molecule has 0 bridgehead atoms. The Morgan fingerprint density at radius 2 is 1.64 bits per heavy atom. The third kappa shape index (κ3) is 10.6. The summed E-state index contributed by atoms with van der Waals surface area (Å²) in [7, 11) is 0. The first-order valence-corrected chi connectivity index (χ1v) is 13.9. The van der Waals surface area contributed by atoms with E-state index in [1.807, 2.05) is 31.2 Å². The fourth-order valence-corrected chi connectivity index (χ4v) is 5.91. The molecule has 186 valence electrons. The topological polar surface area (TPSA) is 101 Å². The van der Waals surface area contributed by atoms with Gasteiger partial charge in [-0.05, 0) is 93.4 Å². The summed E-state index contributed by atoms with van der Waals surface area (Å²) in [5.74, 6) is 0.193. The molecule has 0 aliphatic heterocycles. The molecule has 1 unspecified atom stereocenters. The van der Waals surface area contributed by atoms with E-state index in [-0.39, 0.29) is 18.3 Å². The number of carbonyl (C=O) groups is 1. The highest BCUT2D eigenvalue weighted by atomic mass is 32.2. The van der Waals surface area contributed by atoms with Gasteiger partial charge in [0.2, 0.25) is 0 Å². The summed E-state index contributed by atoms with van der Waals surface area (Å²) in [6.45, 7) is 2.03. The van der Waals surface area contributed by atoms with Crippen molar-refractivity contribution < 1.29 is 24.7 Å². The zero-order valence-corrected chi connectivity index (χ0v) is 20.8. The van der Waals surface area contributed by atoms with Crippen LogP contribution in [0.15, 0.2) is 41.3 Å². The summed E-state index contributed by atoms with van der Waals surface area (Å²) in [5, 5.41) is 29.4. The Kier molecular flexibility index (Phi) is 13.1. The summed E-state index contributed by atoms with van der Waals surface area (Å²) in [6.07, 6.45) is 13.4. The number of allylic oxidation sites excluding steroid dienone is 2. The summed E-state index contributed by atoms with van der Waals surface area (Å²) in [4.78, 5) is 11.5. The molecule has 1 saturated carbocycles. The summed E-state index contributed by atoms with van der Waals surface area (Å²) in [5.41, 5.74) is 1.18. The molecule has 0 heterocycles. The first-order valence-electron chi connectivity index (χ1n) is 12.6. The third-order valence-corrected chi connectivity index (χ3v) is 8.22. The molecule has 0 amide bonds. The van der Waals surface area contributed by atoms with Crippen LogP contribution < -0.4 is 0 Å².